The maximum Gasteiger partial charge on any atom is 0.418 e. The van der Waals surface area contributed by atoms with E-state index in [1.807, 2.05) is 0 Å². The summed E-state index contributed by atoms with van der Waals surface area (Å²) in [5.41, 5.74) is -0.975. The number of alkyl halides is 5. The summed E-state index contributed by atoms with van der Waals surface area (Å²) in [6, 6.07) is 9.55. The normalized spacial score (nSPS) is 12.0. The Labute approximate surface area is 214 Å². The fraction of sp³-hybridized carbons (Fsp3) is 0.320. The summed E-state index contributed by atoms with van der Waals surface area (Å²) in [4.78, 5) is 21.5. The number of oxime groups is 1. The highest BCUT2D eigenvalue weighted by molar-refractivity contribution is 6.02. The third-order valence-corrected chi connectivity index (χ3v) is 5.37. The van der Waals surface area contributed by atoms with E-state index in [-0.39, 0.29) is 29.9 Å². The number of benzene rings is 2. The van der Waals surface area contributed by atoms with Crippen LogP contribution in [0.5, 0.6) is 11.5 Å². The number of aromatic nitrogens is 1. The summed E-state index contributed by atoms with van der Waals surface area (Å²) < 4.78 is 77.0. The van der Waals surface area contributed by atoms with Crippen LogP contribution >= 0.6 is 0 Å². The third kappa shape index (κ3) is 7.20. The van der Waals surface area contributed by atoms with E-state index < -0.39 is 35.5 Å². The molecule has 1 amide bonds. The second kappa shape index (κ2) is 12.4. The Balaban J connectivity index is 2.09. The van der Waals surface area contributed by atoms with Crippen molar-refractivity contribution in [2.24, 2.45) is 5.16 Å². The number of fused-ring (bicyclic) bond motifs is 1. The van der Waals surface area contributed by atoms with Gasteiger partial charge in [-0.3, -0.25) is 4.79 Å². The Morgan fingerprint density at radius 3 is 2.37 bits per heavy atom. The van der Waals surface area contributed by atoms with Gasteiger partial charge in [0.15, 0.2) is 0 Å². The van der Waals surface area contributed by atoms with E-state index in [2.05, 4.69) is 25.5 Å². The Morgan fingerprint density at radius 2 is 1.79 bits per heavy atom. The first kappa shape index (κ1) is 28.4. The Morgan fingerprint density at radius 1 is 1.08 bits per heavy atom. The highest BCUT2D eigenvalue weighted by Crippen LogP contribution is 2.39. The quantitative estimate of drug-likeness (QED) is 0.186. The topological polar surface area (TPSA) is 94.1 Å². The molecule has 204 valence electrons. The highest BCUT2D eigenvalue weighted by atomic mass is 19.4. The molecule has 38 heavy (non-hydrogen) atoms. The van der Waals surface area contributed by atoms with E-state index in [1.165, 1.54) is 20.3 Å². The molecule has 0 aliphatic heterocycles. The zero-order valence-corrected chi connectivity index (χ0v) is 20.7. The minimum atomic E-state index is -4.98. The van der Waals surface area contributed by atoms with Gasteiger partial charge in [-0.05, 0) is 42.3 Å². The number of ether oxygens (including phenoxy) is 2. The van der Waals surface area contributed by atoms with Crippen LogP contribution in [0.3, 0.4) is 0 Å². The summed E-state index contributed by atoms with van der Waals surface area (Å²) in [6.45, 7) is -1.45. The van der Waals surface area contributed by atoms with Crippen LogP contribution in [-0.2, 0) is 17.6 Å². The van der Waals surface area contributed by atoms with Crippen LogP contribution in [0.25, 0.3) is 10.9 Å². The fourth-order valence-electron chi connectivity index (χ4n) is 3.51. The van der Waals surface area contributed by atoms with Crippen LogP contribution in [0, 0.1) is 0 Å². The minimum Gasteiger partial charge on any atom is -0.497 e. The summed E-state index contributed by atoms with van der Waals surface area (Å²) >= 11 is 0. The van der Waals surface area contributed by atoms with Crippen molar-refractivity contribution in [3.63, 3.8) is 0 Å². The summed E-state index contributed by atoms with van der Waals surface area (Å²) in [7, 11) is 2.85. The van der Waals surface area contributed by atoms with Crippen molar-refractivity contribution >= 4 is 28.2 Å². The molecule has 0 spiro atoms. The number of amides is 1. The predicted octanol–water partition coefficient (Wildman–Crippen LogP) is 5.62. The molecule has 0 saturated heterocycles. The number of carbonyl (C=O) groups excluding carboxylic acids is 1. The van der Waals surface area contributed by atoms with E-state index in [1.54, 1.807) is 31.2 Å². The first-order chi connectivity index (χ1) is 18.0. The van der Waals surface area contributed by atoms with Crippen LogP contribution in [0.15, 0.2) is 47.6 Å². The zero-order valence-electron chi connectivity index (χ0n) is 20.7. The molecule has 8 nitrogen and oxygen atoms in total. The van der Waals surface area contributed by atoms with Gasteiger partial charge in [0.05, 0.1) is 30.4 Å². The van der Waals surface area contributed by atoms with E-state index in [9.17, 15) is 26.7 Å². The van der Waals surface area contributed by atoms with Gasteiger partial charge in [-0.25, -0.2) is 4.98 Å². The fourth-order valence-corrected chi connectivity index (χ4v) is 3.51. The molecule has 1 heterocycles. The van der Waals surface area contributed by atoms with Crippen LogP contribution in [0.4, 0.5) is 27.6 Å². The molecule has 2 aromatic carbocycles. The van der Waals surface area contributed by atoms with Crippen LogP contribution < -0.4 is 20.1 Å². The number of hydrogen-bond donors (Lipinski definition) is 2. The first-order valence-electron chi connectivity index (χ1n) is 11.3. The Hall–Kier alpha value is -4.16. The molecular formula is C25H25F5N4O4. The van der Waals surface area contributed by atoms with Crippen molar-refractivity contribution in [3.05, 3.63) is 59.3 Å². The average molecular weight is 540 g/mol. The van der Waals surface area contributed by atoms with Gasteiger partial charge >= 0.3 is 12.8 Å². The van der Waals surface area contributed by atoms with Gasteiger partial charge in [0.1, 0.15) is 24.3 Å². The van der Waals surface area contributed by atoms with Gasteiger partial charge in [-0.2, -0.15) is 22.0 Å². The Kier molecular flexibility index (Phi) is 9.26. The highest BCUT2D eigenvalue weighted by Gasteiger charge is 2.35. The van der Waals surface area contributed by atoms with E-state index in [0.717, 1.165) is 11.6 Å². The number of anilines is 1. The number of carbonyl (C=O) groups is 1. The molecule has 0 unspecified atom stereocenters. The number of methoxy groups -OCH3 is 1. The lowest BCUT2D eigenvalue weighted by atomic mass is 10.1. The van der Waals surface area contributed by atoms with Crippen LogP contribution in [0.2, 0.25) is 0 Å². The maximum atomic E-state index is 14.0. The number of nitrogens with zero attached hydrogens (tertiary/aromatic N) is 2. The first-order valence-corrected chi connectivity index (χ1v) is 11.3. The van der Waals surface area contributed by atoms with Crippen molar-refractivity contribution in [2.45, 2.75) is 32.7 Å². The molecule has 0 atom stereocenters. The number of hydrogen-bond acceptors (Lipinski definition) is 7. The van der Waals surface area contributed by atoms with Crippen molar-refractivity contribution in [2.75, 3.05) is 26.1 Å². The lowest BCUT2D eigenvalue weighted by molar-refractivity contribution is -0.136. The number of nitrogens with one attached hydrogen (secondary N) is 2. The molecule has 0 bridgehead atoms. The number of rotatable bonds is 11. The van der Waals surface area contributed by atoms with Crippen LogP contribution in [0.1, 0.15) is 35.0 Å². The van der Waals surface area contributed by atoms with Crippen molar-refractivity contribution in [1.29, 1.82) is 0 Å². The smallest absolute Gasteiger partial charge is 0.418 e. The minimum absolute atomic E-state index is 0.0230. The number of halogens is 5. The van der Waals surface area contributed by atoms with Gasteiger partial charge in [0.2, 0.25) is 0 Å². The van der Waals surface area contributed by atoms with Crippen molar-refractivity contribution < 1.29 is 41.1 Å². The van der Waals surface area contributed by atoms with Gasteiger partial charge in [0, 0.05) is 17.6 Å². The van der Waals surface area contributed by atoms with E-state index in [0.29, 0.717) is 23.9 Å². The SMILES string of the molecule is CCC(CNC(=O)c1cc(NCc2ccc(OC)cc2)c2cc(OC(F)F)cc(C(F)(F)F)c2n1)=NOC. The maximum absolute atomic E-state index is 14.0. The second-order valence-corrected chi connectivity index (χ2v) is 7.88. The average Bonchev–Trinajstić information content (AvgIpc) is 2.88. The van der Waals surface area contributed by atoms with Gasteiger partial charge in [-0.15, -0.1) is 0 Å². The van der Waals surface area contributed by atoms with Crippen molar-refractivity contribution in [3.8, 4) is 11.5 Å². The largest absolute Gasteiger partial charge is 0.497 e. The second-order valence-electron chi connectivity index (χ2n) is 7.88. The molecule has 0 fully saturated rings. The molecule has 0 aliphatic carbocycles. The van der Waals surface area contributed by atoms with Gasteiger partial charge in [0.25, 0.3) is 5.91 Å². The monoisotopic (exact) mass is 540 g/mol. The van der Waals surface area contributed by atoms with Crippen LogP contribution in [-0.4, -0.2) is 44.0 Å². The lowest BCUT2D eigenvalue weighted by Gasteiger charge is -2.17. The molecule has 13 heteroatoms. The Bertz CT molecular complexity index is 1300. The molecule has 2 N–H and O–H groups in total. The zero-order chi connectivity index (χ0) is 27.9. The van der Waals surface area contributed by atoms with Gasteiger partial charge in [-0.1, -0.05) is 24.2 Å². The standard InChI is InChI=1S/C25H25F5N4O4/c1-4-15(34-37-3)13-32-23(35)21-11-20(31-12-14-5-7-16(36-2)8-6-14)18-9-17(38-24(26)27)10-19(22(18)33-21)25(28,29)30/h5-11,24H,4,12-13H2,1-3H3,(H,31,33)(H,32,35). The molecule has 3 aromatic rings. The summed E-state index contributed by atoms with van der Waals surface area (Å²) in [6.07, 6.45) is -4.52. The molecule has 0 aliphatic rings. The predicted molar refractivity (Wildman–Crippen MR) is 131 cm³/mol. The third-order valence-electron chi connectivity index (χ3n) is 5.37. The molecule has 3 rings (SSSR count). The number of pyridine rings is 1. The molecule has 0 radical (unpaired) electrons. The van der Waals surface area contributed by atoms with E-state index in [4.69, 9.17) is 9.57 Å². The molecule has 0 saturated carbocycles. The van der Waals surface area contributed by atoms with E-state index >= 15 is 0 Å². The summed E-state index contributed by atoms with van der Waals surface area (Å²) in [5.74, 6) is -0.860. The molecular weight excluding hydrogens is 515 g/mol. The van der Waals surface area contributed by atoms with Gasteiger partial charge < -0.3 is 24.9 Å². The summed E-state index contributed by atoms with van der Waals surface area (Å²) in [5, 5.41) is 9.14. The lowest BCUT2D eigenvalue weighted by Crippen LogP contribution is -2.30. The molecule has 1 aromatic heterocycles. The van der Waals surface area contributed by atoms with Crippen molar-refractivity contribution in [1.82, 2.24) is 10.3 Å².